The fourth-order valence-electron chi connectivity index (χ4n) is 14.2. The minimum Gasteiger partial charge on any atom is -0.493 e. The number of ketones is 4. The number of carbonyl (C=O) groups is 4. The normalized spacial score (nSPS) is 48.9. The minimum absolute atomic E-state index is 0.0386. The topological polar surface area (TPSA) is 133 Å². The van der Waals surface area contributed by atoms with E-state index in [0.29, 0.717) is 48.7 Å². The summed E-state index contributed by atoms with van der Waals surface area (Å²) in [6.45, 7) is 16.2. The number of rotatable bonds is 6. The zero-order chi connectivity index (χ0) is 39.9. The molecule has 6 aliphatic carbocycles. The molecule has 0 aromatic rings. The predicted molar refractivity (Wildman–Crippen MR) is 198 cm³/mol. The zero-order valence-corrected chi connectivity index (χ0v) is 34.4. The largest absolute Gasteiger partial charge is 0.493 e. The van der Waals surface area contributed by atoms with E-state index in [1.165, 1.54) is 28.4 Å². The molecule has 16 atom stereocenters. The lowest BCUT2D eigenvalue weighted by atomic mass is 9.40. The van der Waals surface area contributed by atoms with Crippen molar-refractivity contribution in [2.24, 2.45) is 69.0 Å². The zero-order valence-electron chi connectivity index (χ0n) is 34.4. The van der Waals surface area contributed by atoms with Gasteiger partial charge in [-0.15, -0.1) is 0 Å². The van der Waals surface area contributed by atoms with E-state index in [9.17, 15) is 19.2 Å². The van der Waals surface area contributed by atoms with Crippen molar-refractivity contribution < 1.29 is 52.3 Å². The lowest BCUT2D eigenvalue weighted by Crippen LogP contribution is -2.70. The van der Waals surface area contributed by atoms with Crippen LogP contribution in [0.5, 0.6) is 0 Å². The first-order valence-corrected chi connectivity index (χ1v) is 20.1. The van der Waals surface area contributed by atoms with E-state index < -0.39 is 46.1 Å². The van der Waals surface area contributed by atoms with Gasteiger partial charge in [0.05, 0.1) is 40.6 Å². The molecule has 2 saturated carbocycles. The van der Waals surface area contributed by atoms with Crippen molar-refractivity contribution >= 4 is 23.1 Å². The molecule has 300 valence electrons. The first-order valence-electron chi connectivity index (χ1n) is 20.1. The van der Waals surface area contributed by atoms with Crippen LogP contribution in [0.15, 0.2) is 46.3 Å². The summed E-state index contributed by atoms with van der Waals surface area (Å²) in [5, 5.41) is 0. The fraction of sp³-hybridized carbons (Fsp3) is 0.727. The van der Waals surface area contributed by atoms with Crippen LogP contribution in [0.25, 0.3) is 0 Å². The number of allylic oxidation sites excluding steroid dienone is 8. The van der Waals surface area contributed by atoms with E-state index in [-0.39, 0.29) is 70.8 Å². The van der Waals surface area contributed by atoms with Gasteiger partial charge in [0.25, 0.3) is 0 Å². The predicted octanol–water partition coefficient (Wildman–Crippen LogP) is 6.27. The van der Waals surface area contributed by atoms with Crippen LogP contribution in [0.3, 0.4) is 0 Å². The molecule has 0 bridgehead atoms. The summed E-state index contributed by atoms with van der Waals surface area (Å²) in [6.07, 6.45) is 3.68. The maximum atomic E-state index is 14.5. The Labute approximate surface area is 324 Å². The Hall–Kier alpha value is -3.28. The van der Waals surface area contributed by atoms with Crippen LogP contribution < -0.4 is 0 Å². The molecule has 0 amide bonds. The van der Waals surface area contributed by atoms with Crippen molar-refractivity contribution in [3.63, 3.8) is 0 Å². The Bertz CT molecular complexity index is 1740. The molecule has 55 heavy (non-hydrogen) atoms. The lowest BCUT2D eigenvalue weighted by molar-refractivity contribution is -0.352. The molecular weight excluding hydrogens is 704 g/mol. The first-order chi connectivity index (χ1) is 25.9. The van der Waals surface area contributed by atoms with E-state index in [4.69, 9.17) is 33.2 Å². The van der Waals surface area contributed by atoms with E-state index in [1.807, 2.05) is 39.8 Å². The highest BCUT2D eigenvalue weighted by Crippen LogP contribution is 2.70. The van der Waals surface area contributed by atoms with Crippen molar-refractivity contribution in [1.29, 1.82) is 0 Å². The summed E-state index contributed by atoms with van der Waals surface area (Å²) in [6, 6.07) is 0. The Morgan fingerprint density at radius 3 is 1.27 bits per heavy atom. The molecule has 11 nitrogen and oxygen atoms in total. The lowest BCUT2D eigenvalue weighted by Gasteiger charge is -2.66. The monoisotopic (exact) mass is 762 g/mol. The van der Waals surface area contributed by atoms with Crippen LogP contribution in [0, 0.1) is 69.0 Å². The van der Waals surface area contributed by atoms with E-state index in [2.05, 4.69) is 27.7 Å². The van der Waals surface area contributed by atoms with Gasteiger partial charge < -0.3 is 33.2 Å². The van der Waals surface area contributed by atoms with Gasteiger partial charge in [-0.2, -0.15) is 0 Å². The molecule has 11 heteroatoms. The third kappa shape index (κ3) is 4.66. The second-order valence-electron chi connectivity index (χ2n) is 18.7. The van der Waals surface area contributed by atoms with Gasteiger partial charge in [-0.3, -0.25) is 19.2 Å². The average Bonchev–Trinajstić information content (AvgIpc) is 3.13. The second kappa shape index (κ2) is 12.6. The molecule has 0 radical (unpaired) electrons. The van der Waals surface area contributed by atoms with E-state index >= 15 is 0 Å². The smallest absolute Gasteiger partial charge is 0.203 e. The molecule has 2 unspecified atom stereocenters. The summed E-state index contributed by atoms with van der Waals surface area (Å²) in [4.78, 5) is 57.6. The molecule has 2 heterocycles. The number of methoxy groups -OCH3 is 4. The molecule has 8 rings (SSSR count). The number of hydrogen-bond donors (Lipinski definition) is 0. The molecular formula is C44H58O11. The van der Waals surface area contributed by atoms with E-state index in [1.54, 1.807) is 0 Å². The number of fused-ring (bicyclic) bond motifs is 4. The van der Waals surface area contributed by atoms with Crippen molar-refractivity contribution in [2.45, 2.75) is 106 Å². The summed E-state index contributed by atoms with van der Waals surface area (Å²) < 4.78 is 43.8. The van der Waals surface area contributed by atoms with Gasteiger partial charge in [-0.25, -0.2) is 0 Å². The highest BCUT2D eigenvalue weighted by molar-refractivity contribution is 6.08. The molecule has 0 N–H and O–H groups in total. The van der Waals surface area contributed by atoms with Gasteiger partial charge in [0.15, 0.2) is 35.6 Å². The summed E-state index contributed by atoms with van der Waals surface area (Å²) >= 11 is 0. The van der Waals surface area contributed by atoms with Crippen LogP contribution in [-0.4, -0.2) is 76.4 Å². The van der Waals surface area contributed by atoms with Crippen LogP contribution in [0.1, 0.15) is 81.1 Å². The van der Waals surface area contributed by atoms with Gasteiger partial charge in [0.2, 0.25) is 23.1 Å². The quantitative estimate of drug-likeness (QED) is 0.304. The van der Waals surface area contributed by atoms with Gasteiger partial charge in [-0.1, -0.05) is 41.5 Å². The van der Waals surface area contributed by atoms with Gasteiger partial charge in [-0.05, 0) is 85.5 Å². The highest BCUT2D eigenvalue weighted by atomic mass is 16.8. The maximum absolute atomic E-state index is 14.5. The van der Waals surface area contributed by atoms with Crippen LogP contribution in [0.2, 0.25) is 0 Å². The van der Waals surface area contributed by atoms with Crippen molar-refractivity contribution in [2.75, 3.05) is 28.4 Å². The van der Waals surface area contributed by atoms with Gasteiger partial charge >= 0.3 is 0 Å². The van der Waals surface area contributed by atoms with Crippen molar-refractivity contribution in [3.05, 3.63) is 46.3 Å². The fourth-order valence-corrected chi connectivity index (χ4v) is 14.2. The molecule has 2 saturated heterocycles. The number of Topliss-reactive ketones (excluding diaryl/α,β-unsaturated/α-hetero) is 4. The summed E-state index contributed by atoms with van der Waals surface area (Å²) in [5.74, 6) is -1.51. The third-order valence-corrected chi connectivity index (χ3v) is 16.7. The van der Waals surface area contributed by atoms with Gasteiger partial charge in [0.1, 0.15) is 0 Å². The van der Waals surface area contributed by atoms with Crippen molar-refractivity contribution in [1.82, 2.24) is 0 Å². The SMILES string of the molecule is COC1=C[C@@H](C)[C@@H]2C[C@H]3OC(OC4C[C@@H]5C(C)=C(OC)C(=O)[C@H]6[C@]7(C)C(=O)C(OC)=C[C@H](C)[C@H]7C[C@H](O4)[C@]56C)C[C@H]4C(C)=C(OC)C(=O)[C@H]([C@@]2(C)C1=O)[C@@]34C. The van der Waals surface area contributed by atoms with Crippen LogP contribution in [0.4, 0.5) is 0 Å². The Morgan fingerprint density at radius 1 is 0.582 bits per heavy atom. The number of ether oxygens (including phenoxy) is 7. The second-order valence-corrected chi connectivity index (χ2v) is 18.7. The molecule has 0 aromatic carbocycles. The minimum atomic E-state index is -1.01. The Morgan fingerprint density at radius 2 is 0.945 bits per heavy atom. The Kier molecular flexibility index (Phi) is 8.85. The highest BCUT2D eigenvalue weighted by Gasteiger charge is 2.74. The molecule has 8 aliphatic rings. The summed E-state index contributed by atoms with van der Waals surface area (Å²) in [5.41, 5.74) is -1.75. The standard InChI is InChI=1S/C44H58O11/c1-19-13-27(49-9)39(47)43(7)23(19)15-29-41(5)25(21(3)35(51-11)33(45)37(41)43)17-31(53-29)55-32-18-26-22(4)36(52-12)34(46)38-42(26,6)30(54-32)16-24-20(2)14-28(50-10)40(48)44(24,38)8/h13-14,19-20,23-26,29-32,37-38H,15-18H2,1-12H3/t19-,20+,23+,24-,25+,26-,29-,30+,31?,32?,37+,38-,41-,42+,43+,44-. The molecule has 0 spiro atoms. The maximum Gasteiger partial charge on any atom is 0.203 e. The molecule has 0 aromatic heterocycles. The average molecular weight is 763 g/mol. The Balaban J connectivity index is 1.16. The first kappa shape index (κ1) is 38.6. The third-order valence-electron chi connectivity index (χ3n) is 16.7. The molecule has 2 aliphatic heterocycles. The van der Waals surface area contributed by atoms with E-state index in [0.717, 1.165) is 11.1 Å². The number of carbonyl (C=O) groups excluding carboxylic acids is 4. The van der Waals surface area contributed by atoms with Crippen molar-refractivity contribution in [3.8, 4) is 0 Å². The van der Waals surface area contributed by atoms with Crippen LogP contribution in [-0.2, 0) is 52.3 Å². The van der Waals surface area contributed by atoms with Gasteiger partial charge in [0, 0.05) is 46.3 Å². The number of hydrogen-bond acceptors (Lipinski definition) is 11. The summed E-state index contributed by atoms with van der Waals surface area (Å²) in [7, 11) is 6.08. The van der Waals surface area contributed by atoms with Crippen LogP contribution >= 0.6 is 0 Å². The molecule has 4 fully saturated rings.